The number of hydrogen-bond donors (Lipinski definition) is 2. The molecular formula is C14H20ClN3O. The number of halogens is 1. The standard InChI is InChI=1S/C14H20ClN3O/c1-2-17-14(19)10-18-7-6-16-9-13(18)11-4-3-5-12(15)8-11/h3-5,8,13,16H,2,6-7,9-10H2,1H3,(H,17,19). The number of amides is 1. The fourth-order valence-electron chi connectivity index (χ4n) is 2.42. The Morgan fingerprint density at radius 3 is 3.16 bits per heavy atom. The molecule has 1 aromatic rings. The van der Waals surface area contributed by atoms with E-state index in [-0.39, 0.29) is 11.9 Å². The van der Waals surface area contributed by atoms with E-state index < -0.39 is 0 Å². The first-order valence-electron chi connectivity index (χ1n) is 6.67. The summed E-state index contributed by atoms with van der Waals surface area (Å²) in [5.41, 5.74) is 1.16. The minimum atomic E-state index is 0.0800. The Morgan fingerprint density at radius 1 is 1.58 bits per heavy atom. The second-order valence-electron chi connectivity index (χ2n) is 4.70. The minimum absolute atomic E-state index is 0.0800. The van der Waals surface area contributed by atoms with E-state index in [1.807, 2.05) is 25.1 Å². The number of likely N-dealkylation sites (N-methyl/N-ethyl adjacent to an activating group) is 1. The predicted octanol–water partition coefficient (Wildman–Crippen LogP) is 1.42. The van der Waals surface area contributed by atoms with E-state index in [1.165, 1.54) is 0 Å². The lowest BCUT2D eigenvalue weighted by molar-refractivity contribution is -0.122. The van der Waals surface area contributed by atoms with Crippen LogP contribution in [-0.2, 0) is 4.79 Å². The Kier molecular flexibility index (Phi) is 5.19. The number of piperazine rings is 1. The van der Waals surface area contributed by atoms with Crippen LogP contribution < -0.4 is 10.6 Å². The molecule has 1 aromatic carbocycles. The van der Waals surface area contributed by atoms with Gasteiger partial charge < -0.3 is 10.6 Å². The van der Waals surface area contributed by atoms with E-state index in [0.29, 0.717) is 13.1 Å². The van der Waals surface area contributed by atoms with Crippen molar-refractivity contribution in [1.29, 1.82) is 0 Å². The number of carbonyl (C=O) groups is 1. The van der Waals surface area contributed by atoms with E-state index in [4.69, 9.17) is 11.6 Å². The average Bonchev–Trinajstić information content (AvgIpc) is 2.39. The molecule has 4 nitrogen and oxygen atoms in total. The summed E-state index contributed by atoms with van der Waals surface area (Å²) < 4.78 is 0. The summed E-state index contributed by atoms with van der Waals surface area (Å²) >= 11 is 6.05. The van der Waals surface area contributed by atoms with Crippen LogP contribution in [0.15, 0.2) is 24.3 Å². The Morgan fingerprint density at radius 2 is 2.42 bits per heavy atom. The Bertz CT molecular complexity index is 438. The maximum absolute atomic E-state index is 11.8. The third kappa shape index (κ3) is 3.93. The van der Waals surface area contributed by atoms with E-state index in [9.17, 15) is 4.79 Å². The smallest absolute Gasteiger partial charge is 0.234 e. The summed E-state index contributed by atoms with van der Waals surface area (Å²) in [6.45, 7) is 5.67. The van der Waals surface area contributed by atoms with E-state index in [0.717, 1.165) is 30.2 Å². The summed E-state index contributed by atoms with van der Waals surface area (Å²) in [5.74, 6) is 0.0800. The fraction of sp³-hybridized carbons (Fsp3) is 0.500. The summed E-state index contributed by atoms with van der Waals surface area (Å²) in [4.78, 5) is 14.0. The van der Waals surface area contributed by atoms with Crippen molar-refractivity contribution in [3.05, 3.63) is 34.9 Å². The molecule has 1 aliphatic heterocycles. The van der Waals surface area contributed by atoms with Crippen molar-refractivity contribution in [2.45, 2.75) is 13.0 Å². The molecule has 0 radical (unpaired) electrons. The Hall–Kier alpha value is -1.10. The normalized spacial score (nSPS) is 20.2. The topological polar surface area (TPSA) is 44.4 Å². The summed E-state index contributed by atoms with van der Waals surface area (Å²) in [6.07, 6.45) is 0. The highest BCUT2D eigenvalue weighted by molar-refractivity contribution is 6.30. The zero-order valence-corrected chi connectivity index (χ0v) is 11.9. The lowest BCUT2D eigenvalue weighted by atomic mass is 10.0. The number of rotatable bonds is 4. The van der Waals surface area contributed by atoms with Gasteiger partial charge in [-0.1, -0.05) is 23.7 Å². The highest BCUT2D eigenvalue weighted by Gasteiger charge is 2.25. The molecular weight excluding hydrogens is 262 g/mol. The van der Waals surface area contributed by atoms with Crippen molar-refractivity contribution in [3.8, 4) is 0 Å². The molecule has 1 fully saturated rings. The van der Waals surface area contributed by atoms with Crippen molar-refractivity contribution >= 4 is 17.5 Å². The van der Waals surface area contributed by atoms with Crippen LogP contribution in [0.1, 0.15) is 18.5 Å². The predicted molar refractivity (Wildman–Crippen MR) is 77.3 cm³/mol. The van der Waals surface area contributed by atoms with E-state index in [2.05, 4.69) is 21.6 Å². The van der Waals surface area contributed by atoms with Crippen molar-refractivity contribution in [2.75, 3.05) is 32.7 Å². The van der Waals surface area contributed by atoms with Gasteiger partial charge in [0.15, 0.2) is 0 Å². The first kappa shape index (κ1) is 14.3. The van der Waals surface area contributed by atoms with E-state index in [1.54, 1.807) is 0 Å². The quantitative estimate of drug-likeness (QED) is 0.877. The van der Waals surface area contributed by atoms with Gasteiger partial charge in [0, 0.05) is 37.2 Å². The third-order valence-electron chi connectivity index (χ3n) is 3.31. The molecule has 19 heavy (non-hydrogen) atoms. The molecule has 2 N–H and O–H groups in total. The van der Waals surface area contributed by atoms with Crippen LogP contribution >= 0.6 is 11.6 Å². The number of nitrogens with zero attached hydrogens (tertiary/aromatic N) is 1. The molecule has 0 spiro atoms. The molecule has 0 bridgehead atoms. The Balaban J connectivity index is 2.09. The molecule has 0 aliphatic carbocycles. The second-order valence-corrected chi connectivity index (χ2v) is 5.14. The molecule has 1 heterocycles. The maximum atomic E-state index is 11.8. The average molecular weight is 282 g/mol. The van der Waals surface area contributed by atoms with Gasteiger partial charge in [0.05, 0.1) is 6.54 Å². The van der Waals surface area contributed by atoms with Crippen LogP contribution in [0.2, 0.25) is 5.02 Å². The van der Waals surface area contributed by atoms with Gasteiger partial charge in [-0.25, -0.2) is 0 Å². The molecule has 1 aliphatic rings. The minimum Gasteiger partial charge on any atom is -0.355 e. The molecule has 0 aromatic heterocycles. The van der Waals surface area contributed by atoms with Crippen molar-refractivity contribution in [3.63, 3.8) is 0 Å². The summed E-state index contributed by atoms with van der Waals surface area (Å²) in [5, 5.41) is 6.96. The van der Waals surface area contributed by atoms with Gasteiger partial charge in [0.25, 0.3) is 0 Å². The Labute approximate surface area is 119 Å². The molecule has 1 saturated heterocycles. The third-order valence-corrected chi connectivity index (χ3v) is 3.54. The van der Waals surface area contributed by atoms with Crippen LogP contribution in [0.25, 0.3) is 0 Å². The number of nitrogens with one attached hydrogen (secondary N) is 2. The molecule has 104 valence electrons. The van der Waals surface area contributed by atoms with Crippen LogP contribution in [0, 0.1) is 0 Å². The van der Waals surface area contributed by atoms with Gasteiger partial charge >= 0.3 is 0 Å². The molecule has 1 amide bonds. The van der Waals surface area contributed by atoms with Crippen molar-refractivity contribution < 1.29 is 4.79 Å². The van der Waals surface area contributed by atoms with Gasteiger partial charge in [-0.05, 0) is 24.6 Å². The fourth-order valence-corrected chi connectivity index (χ4v) is 2.61. The largest absolute Gasteiger partial charge is 0.355 e. The second kappa shape index (κ2) is 6.89. The molecule has 5 heteroatoms. The highest BCUT2D eigenvalue weighted by atomic mass is 35.5. The van der Waals surface area contributed by atoms with Gasteiger partial charge in [0.2, 0.25) is 5.91 Å². The van der Waals surface area contributed by atoms with Crippen LogP contribution in [0.5, 0.6) is 0 Å². The molecule has 1 unspecified atom stereocenters. The number of benzene rings is 1. The lowest BCUT2D eigenvalue weighted by Gasteiger charge is -2.36. The maximum Gasteiger partial charge on any atom is 0.234 e. The van der Waals surface area contributed by atoms with Gasteiger partial charge in [-0.2, -0.15) is 0 Å². The van der Waals surface area contributed by atoms with Crippen LogP contribution in [0.4, 0.5) is 0 Å². The zero-order valence-electron chi connectivity index (χ0n) is 11.2. The van der Waals surface area contributed by atoms with Gasteiger partial charge in [-0.15, -0.1) is 0 Å². The monoisotopic (exact) mass is 281 g/mol. The first-order chi connectivity index (χ1) is 9.20. The lowest BCUT2D eigenvalue weighted by Crippen LogP contribution is -2.49. The molecule has 1 atom stereocenters. The van der Waals surface area contributed by atoms with Gasteiger partial charge in [0.1, 0.15) is 0 Å². The van der Waals surface area contributed by atoms with Crippen molar-refractivity contribution in [1.82, 2.24) is 15.5 Å². The SMILES string of the molecule is CCNC(=O)CN1CCNCC1c1cccc(Cl)c1. The zero-order chi connectivity index (χ0) is 13.7. The first-order valence-corrected chi connectivity index (χ1v) is 7.05. The summed E-state index contributed by atoms with van der Waals surface area (Å²) in [7, 11) is 0. The van der Waals surface area contributed by atoms with Crippen molar-refractivity contribution in [2.24, 2.45) is 0 Å². The molecule has 0 saturated carbocycles. The highest BCUT2D eigenvalue weighted by Crippen LogP contribution is 2.24. The van der Waals surface area contributed by atoms with E-state index >= 15 is 0 Å². The van der Waals surface area contributed by atoms with Crippen LogP contribution in [0.3, 0.4) is 0 Å². The van der Waals surface area contributed by atoms with Crippen LogP contribution in [-0.4, -0.2) is 43.5 Å². The number of hydrogen-bond acceptors (Lipinski definition) is 3. The van der Waals surface area contributed by atoms with Gasteiger partial charge in [-0.3, -0.25) is 9.69 Å². The summed E-state index contributed by atoms with van der Waals surface area (Å²) in [6, 6.07) is 8.07. The molecule has 2 rings (SSSR count). The number of carbonyl (C=O) groups excluding carboxylic acids is 1.